The number of carbonyl (C=O) groups excluding carboxylic acids is 1. The topological polar surface area (TPSA) is 59.8 Å². The maximum absolute atomic E-state index is 12.3. The van der Waals surface area contributed by atoms with Crippen LogP contribution in [-0.4, -0.2) is 20.7 Å². The van der Waals surface area contributed by atoms with E-state index in [0.717, 1.165) is 25.5 Å². The van der Waals surface area contributed by atoms with Crippen LogP contribution in [0.3, 0.4) is 0 Å². The lowest BCUT2D eigenvalue weighted by molar-refractivity contribution is 0.0953. The Balaban J connectivity index is 1.57. The van der Waals surface area contributed by atoms with Crippen molar-refractivity contribution in [3.05, 3.63) is 91.3 Å². The van der Waals surface area contributed by atoms with Crippen molar-refractivity contribution in [3.63, 3.8) is 0 Å². The fraction of sp³-hybridized carbons (Fsp3) is 0.0952. The molecule has 0 saturated carbocycles. The number of benzene rings is 2. The molecule has 5 nitrogen and oxygen atoms in total. The van der Waals surface area contributed by atoms with Crippen LogP contribution in [0.25, 0.3) is 5.69 Å². The van der Waals surface area contributed by atoms with Crippen LogP contribution >= 0.6 is 55.0 Å². The van der Waals surface area contributed by atoms with Gasteiger partial charge in [0, 0.05) is 20.4 Å². The number of hydrogen-bond donors (Lipinski definition) is 1. The Bertz CT molecular complexity index is 1130. The molecule has 0 aliphatic rings. The number of hydrogen-bond acceptors (Lipinski definition) is 5. The Labute approximate surface area is 199 Å². The van der Waals surface area contributed by atoms with Gasteiger partial charge in [-0.05, 0) is 53.4 Å². The smallest absolute Gasteiger partial charge is 0.261 e. The van der Waals surface area contributed by atoms with Crippen LogP contribution in [0.5, 0.6) is 0 Å². The quantitative estimate of drug-likeness (QED) is 0.277. The number of thiophene rings is 1. The largest absolute Gasteiger partial charge is 0.344 e. The molecule has 0 atom stereocenters. The molecule has 1 amide bonds. The number of nitrogens with zero attached hydrogens (tertiary/aromatic N) is 3. The molecule has 2 aromatic heterocycles. The summed E-state index contributed by atoms with van der Waals surface area (Å²) in [5, 5.41) is 14.4. The highest BCUT2D eigenvalue weighted by molar-refractivity contribution is 9.10. The monoisotopic (exact) mass is 562 g/mol. The summed E-state index contributed by atoms with van der Waals surface area (Å²) in [7, 11) is 0. The van der Waals surface area contributed by atoms with Crippen molar-refractivity contribution < 1.29 is 4.79 Å². The van der Waals surface area contributed by atoms with Crippen molar-refractivity contribution in [3.8, 4) is 5.69 Å². The first-order valence-electron chi connectivity index (χ1n) is 8.99. The minimum atomic E-state index is -0.112. The number of carbonyl (C=O) groups is 1. The van der Waals surface area contributed by atoms with Gasteiger partial charge < -0.3 is 5.32 Å². The minimum Gasteiger partial charge on any atom is -0.344 e. The van der Waals surface area contributed by atoms with Crippen LogP contribution in [0.1, 0.15) is 21.1 Å². The van der Waals surface area contributed by atoms with Gasteiger partial charge in [0.2, 0.25) is 0 Å². The zero-order valence-corrected chi connectivity index (χ0v) is 20.4. The fourth-order valence-corrected chi connectivity index (χ4v) is 4.84. The lowest BCUT2D eigenvalue weighted by Gasteiger charge is -2.11. The van der Waals surface area contributed by atoms with Gasteiger partial charge in [-0.1, -0.05) is 61.8 Å². The maximum Gasteiger partial charge on any atom is 0.261 e. The standard InChI is InChI=1S/C21H16Br2N4OS2/c22-15-5-3-14(4-6-15)13-30-21-26-25-19(12-24-20(28)18-2-1-11-29-18)27(21)17-9-7-16(23)8-10-17/h1-11H,12-13H2,(H,24,28). The van der Waals surface area contributed by atoms with E-state index in [1.54, 1.807) is 17.8 Å². The highest BCUT2D eigenvalue weighted by Gasteiger charge is 2.16. The SMILES string of the molecule is O=C(NCc1nnc(SCc2ccc(Br)cc2)n1-c1ccc(Br)cc1)c1cccs1. The third kappa shape index (κ3) is 5.21. The van der Waals surface area contributed by atoms with Gasteiger partial charge in [-0.3, -0.25) is 9.36 Å². The van der Waals surface area contributed by atoms with Crippen LogP contribution in [0.15, 0.2) is 80.1 Å². The van der Waals surface area contributed by atoms with Gasteiger partial charge in [0.15, 0.2) is 11.0 Å². The second-order valence-electron chi connectivity index (χ2n) is 6.29. The predicted molar refractivity (Wildman–Crippen MR) is 128 cm³/mol. The first kappa shape index (κ1) is 21.3. The zero-order chi connectivity index (χ0) is 20.9. The highest BCUT2D eigenvalue weighted by Crippen LogP contribution is 2.26. The Morgan fingerprint density at radius 1 is 1.00 bits per heavy atom. The maximum atomic E-state index is 12.3. The summed E-state index contributed by atoms with van der Waals surface area (Å²) < 4.78 is 4.04. The third-order valence-electron chi connectivity index (χ3n) is 4.22. The molecule has 0 fully saturated rings. The van der Waals surface area contributed by atoms with Crippen molar-refractivity contribution in [1.82, 2.24) is 20.1 Å². The average Bonchev–Trinajstić information content (AvgIpc) is 3.43. The summed E-state index contributed by atoms with van der Waals surface area (Å²) in [4.78, 5) is 13.0. The van der Waals surface area contributed by atoms with Crippen molar-refractivity contribution in [1.29, 1.82) is 0 Å². The summed E-state index contributed by atoms with van der Waals surface area (Å²) >= 11 is 9.97. The molecule has 0 aliphatic heterocycles. The second-order valence-corrected chi connectivity index (χ2v) is 10.0. The summed E-state index contributed by atoms with van der Waals surface area (Å²) in [5.74, 6) is 1.34. The zero-order valence-electron chi connectivity index (χ0n) is 15.6. The van der Waals surface area contributed by atoms with Crippen LogP contribution in [0, 0.1) is 0 Å². The number of aromatic nitrogens is 3. The molecule has 4 rings (SSSR count). The van der Waals surface area contributed by atoms with Crippen molar-refractivity contribution >= 4 is 60.9 Å². The van der Waals surface area contributed by atoms with E-state index in [9.17, 15) is 4.79 Å². The molecular formula is C21H16Br2N4OS2. The highest BCUT2D eigenvalue weighted by atomic mass is 79.9. The molecule has 0 saturated heterocycles. The number of halogens is 2. The molecule has 2 heterocycles. The molecule has 0 unspecified atom stereocenters. The van der Waals surface area contributed by atoms with Crippen molar-refractivity contribution in [2.24, 2.45) is 0 Å². The lowest BCUT2D eigenvalue weighted by atomic mass is 10.2. The molecule has 30 heavy (non-hydrogen) atoms. The Morgan fingerprint density at radius 3 is 2.37 bits per heavy atom. The van der Waals surface area contributed by atoms with E-state index in [1.165, 1.54) is 16.9 Å². The number of rotatable bonds is 7. The molecule has 9 heteroatoms. The number of amides is 1. The molecule has 0 radical (unpaired) electrons. The Kier molecular flexibility index (Phi) is 7.04. The molecule has 0 bridgehead atoms. The molecule has 0 aliphatic carbocycles. The van der Waals surface area contributed by atoms with Crippen molar-refractivity contribution in [2.45, 2.75) is 17.5 Å². The molecular weight excluding hydrogens is 548 g/mol. The van der Waals surface area contributed by atoms with Gasteiger partial charge >= 0.3 is 0 Å². The van der Waals surface area contributed by atoms with Gasteiger partial charge in [-0.15, -0.1) is 21.5 Å². The van der Waals surface area contributed by atoms with Gasteiger partial charge in [0.1, 0.15) is 0 Å². The van der Waals surface area contributed by atoms with E-state index >= 15 is 0 Å². The summed E-state index contributed by atoms with van der Waals surface area (Å²) in [6.45, 7) is 0.290. The predicted octanol–water partition coefficient (Wildman–Crippen LogP) is 6.08. The molecule has 1 N–H and O–H groups in total. The third-order valence-corrected chi connectivity index (χ3v) is 7.14. The number of nitrogens with one attached hydrogen (secondary N) is 1. The van der Waals surface area contributed by atoms with E-state index < -0.39 is 0 Å². The van der Waals surface area contributed by atoms with E-state index in [-0.39, 0.29) is 5.91 Å². The van der Waals surface area contributed by atoms with E-state index in [4.69, 9.17) is 0 Å². The second kappa shape index (κ2) is 9.91. The average molecular weight is 564 g/mol. The molecule has 4 aromatic rings. The van der Waals surface area contributed by atoms with Gasteiger partial charge in [0.25, 0.3) is 5.91 Å². The fourth-order valence-electron chi connectivity index (χ4n) is 2.74. The van der Waals surface area contributed by atoms with Crippen LogP contribution < -0.4 is 5.32 Å². The van der Waals surface area contributed by atoms with Gasteiger partial charge in [-0.2, -0.15) is 0 Å². The summed E-state index contributed by atoms with van der Waals surface area (Å²) in [5.41, 5.74) is 2.14. The van der Waals surface area contributed by atoms with E-state index in [1.807, 2.05) is 52.4 Å². The van der Waals surface area contributed by atoms with Crippen molar-refractivity contribution in [2.75, 3.05) is 0 Å². The van der Waals surface area contributed by atoms with Crippen LogP contribution in [0.4, 0.5) is 0 Å². The Hall–Kier alpha value is -1.94. The van der Waals surface area contributed by atoms with E-state index in [2.05, 4.69) is 59.5 Å². The van der Waals surface area contributed by atoms with Gasteiger partial charge in [0.05, 0.1) is 11.4 Å². The minimum absolute atomic E-state index is 0.112. The van der Waals surface area contributed by atoms with Gasteiger partial charge in [-0.25, -0.2) is 0 Å². The Morgan fingerprint density at radius 2 is 1.70 bits per heavy atom. The number of thioether (sulfide) groups is 1. The molecule has 2 aromatic carbocycles. The normalized spacial score (nSPS) is 10.9. The lowest BCUT2D eigenvalue weighted by Crippen LogP contribution is -2.23. The summed E-state index contributed by atoms with van der Waals surface area (Å²) in [6, 6.07) is 19.9. The molecule has 152 valence electrons. The van der Waals surface area contributed by atoms with E-state index in [0.29, 0.717) is 17.2 Å². The van der Waals surface area contributed by atoms with Crippen LogP contribution in [0.2, 0.25) is 0 Å². The first-order valence-corrected chi connectivity index (χ1v) is 12.4. The first-order chi connectivity index (χ1) is 14.6. The molecule has 0 spiro atoms. The van der Waals surface area contributed by atoms with Crippen LogP contribution in [-0.2, 0) is 12.3 Å². The summed E-state index contributed by atoms with van der Waals surface area (Å²) in [6.07, 6.45) is 0.